The van der Waals surface area contributed by atoms with Crippen LogP contribution < -0.4 is 9.47 Å². The molecule has 0 N–H and O–H groups in total. The van der Waals surface area contributed by atoms with E-state index in [9.17, 15) is 9.59 Å². The standard InChI is InChI=1S/C33H48O7/c1-4-5-6-7-8-9-10-11-12-13-14-15-24-38-25-31(40-30-22-18-28(19-23-30)33(35)37-3)26-39-29-20-16-27(17-21-29)32(34)36-2/h16-23,31H,4-15,24-26H2,1-3H3. The fourth-order valence-electron chi connectivity index (χ4n) is 4.35. The predicted octanol–water partition coefficient (Wildman–Crippen LogP) is 7.80. The van der Waals surface area contributed by atoms with Gasteiger partial charge in [0, 0.05) is 6.61 Å². The van der Waals surface area contributed by atoms with Crippen LogP contribution in [-0.2, 0) is 14.2 Å². The highest BCUT2D eigenvalue weighted by Gasteiger charge is 2.14. The summed E-state index contributed by atoms with van der Waals surface area (Å²) >= 11 is 0. The SMILES string of the molecule is CCCCCCCCCCCCCCOCC(COc1ccc(C(=O)OC)cc1)Oc1ccc(C(=O)OC)cc1. The first-order valence-corrected chi connectivity index (χ1v) is 14.8. The number of esters is 2. The predicted molar refractivity (Wildman–Crippen MR) is 157 cm³/mol. The summed E-state index contributed by atoms with van der Waals surface area (Å²) < 4.78 is 27.5. The zero-order chi connectivity index (χ0) is 28.8. The highest BCUT2D eigenvalue weighted by atomic mass is 16.6. The van der Waals surface area contributed by atoms with Crippen molar-refractivity contribution >= 4 is 11.9 Å². The van der Waals surface area contributed by atoms with Gasteiger partial charge < -0.3 is 23.7 Å². The van der Waals surface area contributed by atoms with E-state index in [1.54, 1.807) is 48.5 Å². The molecule has 0 radical (unpaired) electrons. The van der Waals surface area contributed by atoms with Crippen molar-refractivity contribution in [3.63, 3.8) is 0 Å². The highest BCUT2D eigenvalue weighted by Crippen LogP contribution is 2.18. The number of carbonyl (C=O) groups excluding carboxylic acids is 2. The average Bonchev–Trinajstić information content (AvgIpc) is 2.99. The number of methoxy groups -OCH3 is 2. The number of unbranched alkanes of at least 4 members (excludes halogenated alkanes) is 11. The molecule has 0 bridgehead atoms. The molecule has 2 rings (SSSR count). The van der Waals surface area contributed by atoms with Crippen LogP contribution in [0.5, 0.6) is 11.5 Å². The molecule has 0 aliphatic rings. The van der Waals surface area contributed by atoms with Gasteiger partial charge in [0.15, 0.2) is 6.10 Å². The molecule has 222 valence electrons. The van der Waals surface area contributed by atoms with Crippen molar-refractivity contribution in [1.29, 1.82) is 0 Å². The maximum atomic E-state index is 11.7. The van der Waals surface area contributed by atoms with Crippen LogP contribution in [0.15, 0.2) is 48.5 Å². The second-order valence-electron chi connectivity index (χ2n) is 10.0. The quantitative estimate of drug-likeness (QED) is 0.108. The second-order valence-corrected chi connectivity index (χ2v) is 10.0. The van der Waals surface area contributed by atoms with E-state index < -0.39 is 11.9 Å². The molecule has 7 nitrogen and oxygen atoms in total. The minimum atomic E-state index is -0.396. The Morgan fingerprint density at radius 1 is 0.600 bits per heavy atom. The highest BCUT2D eigenvalue weighted by molar-refractivity contribution is 5.89. The van der Waals surface area contributed by atoms with Crippen LogP contribution in [0.2, 0.25) is 0 Å². The Morgan fingerprint density at radius 2 is 1.05 bits per heavy atom. The van der Waals surface area contributed by atoms with Gasteiger partial charge in [-0.25, -0.2) is 9.59 Å². The van der Waals surface area contributed by atoms with Crippen molar-refractivity contribution in [1.82, 2.24) is 0 Å². The fourth-order valence-corrected chi connectivity index (χ4v) is 4.35. The topological polar surface area (TPSA) is 80.3 Å². The van der Waals surface area contributed by atoms with Gasteiger partial charge in [-0.3, -0.25) is 0 Å². The molecule has 2 aromatic carbocycles. The number of hydrogen-bond acceptors (Lipinski definition) is 7. The van der Waals surface area contributed by atoms with Crippen LogP contribution in [0.4, 0.5) is 0 Å². The molecule has 2 aromatic rings. The Hall–Kier alpha value is -3.06. The van der Waals surface area contributed by atoms with Gasteiger partial charge in [-0.05, 0) is 55.0 Å². The molecule has 1 unspecified atom stereocenters. The van der Waals surface area contributed by atoms with Gasteiger partial charge in [-0.2, -0.15) is 0 Å². The maximum Gasteiger partial charge on any atom is 0.337 e. The lowest BCUT2D eigenvalue weighted by Gasteiger charge is -2.20. The van der Waals surface area contributed by atoms with Crippen LogP contribution in [0.3, 0.4) is 0 Å². The summed E-state index contributed by atoms with van der Waals surface area (Å²) in [6.07, 6.45) is 15.3. The van der Waals surface area contributed by atoms with Crippen molar-refractivity contribution in [2.75, 3.05) is 34.0 Å². The summed E-state index contributed by atoms with van der Waals surface area (Å²) in [5.41, 5.74) is 0.913. The largest absolute Gasteiger partial charge is 0.490 e. The number of benzene rings is 2. The number of hydrogen-bond donors (Lipinski definition) is 0. The third kappa shape index (κ3) is 13.8. The summed E-state index contributed by atoms with van der Waals surface area (Å²) in [4.78, 5) is 23.4. The van der Waals surface area contributed by atoms with E-state index >= 15 is 0 Å². The Morgan fingerprint density at radius 3 is 1.52 bits per heavy atom. The third-order valence-corrected chi connectivity index (χ3v) is 6.74. The monoisotopic (exact) mass is 556 g/mol. The molecule has 0 saturated heterocycles. The van der Waals surface area contributed by atoms with Crippen LogP contribution in [0, 0.1) is 0 Å². The van der Waals surface area contributed by atoms with Crippen LogP contribution >= 0.6 is 0 Å². The van der Waals surface area contributed by atoms with Gasteiger partial charge in [-0.1, -0.05) is 77.6 Å². The Balaban J connectivity index is 1.73. The molecule has 0 heterocycles. The molecule has 40 heavy (non-hydrogen) atoms. The van der Waals surface area contributed by atoms with E-state index in [2.05, 4.69) is 6.92 Å². The molecule has 0 amide bonds. The molecular weight excluding hydrogens is 508 g/mol. The maximum absolute atomic E-state index is 11.7. The van der Waals surface area contributed by atoms with Gasteiger partial charge in [-0.15, -0.1) is 0 Å². The van der Waals surface area contributed by atoms with E-state index in [0.29, 0.717) is 35.8 Å². The average molecular weight is 557 g/mol. The number of carbonyl (C=O) groups is 2. The molecule has 7 heteroatoms. The zero-order valence-corrected chi connectivity index (χ0v) is 24.7. The normalized spacial score (nSPS) is 11.6. The molecule has 0 aliphatic carbocycles. The zero-order valence-electron chi connectivity index (χ0n) is 24.7. The number of ether oxygens (including phenoxy) is 5. The van der Waals surface area contributed by atoms with Crippen LogP contribution in [0.1, 0.15) is 105 Å². The third-order valence-electron chi connectivity index (χ3n) is 6.74. The fraction of sp³-hybridized carbons (Fsp3) is 0.576. The lowest BCUT2D eigenvalue weighted by Crippen LogP contribution is -2.30. The number of rotatable bonds is 22. The van der Waals surface area contributed by atoms with Gasteiger partial charge in [0.2, 0.25) is 0 Å². The van der Waals surface area contributed by atoms with Crippen LogP contribution in [-0.4, -0.2) is 52.1 Å². The van der Waals surface area contributed by atoms with E-state index in [1.165, 1.54) is 84.8 Å². The van der Waals surface area contributed by atoms with Crippen molar-refractivity contribution in [3.05, 3.63) is 59.7 Å². The first kappa shape index (κ1) is 33.1. The van der Waals surface area contributed by atoms with E-state index in [1.807, 2.05) is 0 Å². The van der Waals surface area contributed by atoms with Crippen molar-refractivity contribution in [2.24, 2.45) is 0 Å². The molecule has 1 atom stereocenters. The summed E-state index contributed by atoms with van der Waals surface area (Å²) in [7, 11) is 2.70. The van der Waals surface area contributed by atoms with E-state index in [0.717, 1.165) is 6.42 Å². The van der Waals surface area contributed by atoms with Gasteiger partial charge in [0.25, 0.3) is 0 Å². The van der Waals surface area contributed by atoms with Crippen LogP contribution in [0.25, 0.3) is 0 Å². The minimum Gasteiger partial charge on any atom is -0.490 e. The first-order valence-electron chi connectivity index (χ1n) is 14.8. The Kier molecular flexibility index (Phi) is 17.2. The lowest BCUT2D eigenvalue weighted by atomic mass is 10.1. The molecular formula is C33H48O7. The smallest absolute Gasteiger partial charge is 0.337 e. The van der Waals surface area contributed by atoms with Gasteiger partial charge in [0.1, 0.15) is 18.1 Å². The van der Waals surface area contributed by atoms with Crippen molar-refractivity contribution < 1.29 is 33.3 Å². The molecule has 0 aliphatic heterocycles. The minimum absolute atomic E-state index is 0.259. The van der Waals surface area contributed by atoms with Crippen molar-refractivity contribution in [2.45, 2.75) is 90.1 Å². The summed E-state index contributed by atoms with van der Waals surface area (Å²) in [5, 5.41) is 0. The van der Waals surface area contributed by atoms with Gasteiger partial charge in [0.05, 0.1) is 32.0 Å². The Bertz CT molecular complexity index is 940. The lowest BCUT2D eigenvalue weighted by molar-refractivity contribution is 0.0244. The van der Waals surface area contributed by atoms with E-state index in [-0.39, 0.29) is 12.7 Å². The summed E-state index contributed by atoms with van der Waals surface area (Å²) in [6.45, 7) is 3.56. The first-order chi connectivity index (χ1) is 19.6. The van der Waals surface area contributed by atoms with E-state index in [4.69, 9.17) is 23.7 Å². The summed E-state index contributed by atoms with van der Waals surface area (Å²) in [6, 6.07) is 13.6. The second kappa shape index (κ2) is 20.8. The molecule has 0 aromatic heterocycles. The molecule has 0 fully saturated rings. The van der Waals surface area contributed by atoms with Gasteiger partial charge >= 0.3 is 11.9 Å². The Labute approximate surface area is 240 Å². The molecule has 0 saturated carbocycles. The molecule has 0 spiro atoms. The summed E-state index contributed by atoms with van der Waals surface area (Å²) in [5.74, 6) is 0.432. The van der Waals surface area contributed by atoms with Crippen molar-refractivity contribution in [3.8, 4) is 11.5 Å².